The van der Waals surface area contributed by atoms with E-state index in [1.165, 1.54) is 0 Å². The fourth-order valence-electron chi connectivity index (χ4n) is 3.63. The number of pyridine rings is 1. The van der Waals surface area contributed by atoms with E-state index in [-0.39, 0.29) is 25.6 Å². The lowest BCUT2D eigenvalue weighted by molar-refractivity contribution is 0.0708. The molecular weight excluding hydrogens is 428 g/mol. The van der Waals surface area contributed by atoms with Crippen molar-refractivity contribution in [1.82, 2.24) is 20.1 Å². The summed E-state index contributed by atoms with van der Waals surface area (Å²) in [6, 6.07) is 12.9. The van der Waals surface area contributed by atoms with Crippen LogP contribution in [0.2, 0.25) is 5.02 Å². The van der Waals surface area contributed by atoms with Crippen molar-refractivity contribution < 1.29 is 14.6 Å². The lowest BCUT2D eigenvalue weighted by atomic mass is 10.0. The number of fused-ring (bicyclic) bond motifs is 1. The largest absolute Gasteiger partial charge is 0.493 e. The van der Waals surface area contributed by atoms with Gasteiger partial charge in [0.05, 0.1) is 24.9 Å². The zero-order valence-electron chi connectivity index (χ0n) is 17.6. The highest BCUT2D eigenvalue weighted by Gasteiger charge is 2.20. The van der Waals surface area contributed by atoms with Gasteiger partial charge in [0, 0.05) is 52.6 Å². The molecule has 0 saturated heterocycles. The Balaban J connectivity index is 1.66. The Morgan fingerprint density at radius 3 is 2.84 bits per heavy atom. The molecule has 0 aliphatic carbocycles. The van der Waals surface area contributed by atoms with Crippen LogP contribution >= 0.6 is 11.6 Å². The first kappa shape index (κ1) is 21.8. The number of aliphatic hydroxyl groups is 1. The molecular formula is C24H23ClN4O3. The lowest BCUT2D eigenvalue weighted by Crippen LogP contribution is -2.33. The van der Waals surface area contributed by atoms with Crippen molar-refractivity contribution in [3.8, 4) is 16.9 Å². The molecule has 0 aliphatic heterocycles. The van der Waals surface area contributed by atoms with Crippen molar-refractivity contribution in [3.05, 3.63) is 77.2 Å². The first-order valence-corrected chi connectivity index (χ1v) is 10.7. The number of aliphatic hydroxyl groups excluding tert-OH is 1. The number of rotatable bonds is 8. The molecule has 0 unspecified atom stereocenters. The maximum absolute atomic E-state index is 13.4. The Labute approximate surface area is 190 Å². The van der Waals surface area contributed by atoms with Crippen molar-refractivity contribution in [2.24, 2.45) is 0 Å². The number of nitrogens with zero attached hydrogens (tertiary/aromatic N) is 3. The number of hydrogen-bond acceptors (Lipinski definition) is 5. The number of amides is 1. The number of aromatic nitrogens is 3. The Morgan fingerprint density at radius 1 is 1.19 bits per heavy atom. The number of nitrogens with one attached hydrogen (secondary N) is 1. The molecule has 4 rings (SSSR count). The van der Waals surface area contributed by atoms with Gasteiger partial charge in [-0.3, -0.25) is 14.9 Å². The Bertz CT molecular complexity index is 1240. The van der Waals surface area contributed by atoms with Crippen LogP contribution in [0.25, 0.3) is 22.0 Å². The quantitative estimate of drug-likeness (QED) is 0.417. The highest BCUT2D eigenvalue weighted by atomic mass is 35.5. The highest BCUT2D eigenvalue weighted by molar-refractivity contribution is 6.30. The predicted octanol–water partition coefficient (Wildman–Crippen LogP) is 4.31. The monoisotopic (exact) mass is 450 g/mol. The molecule has 0 radical (unpaired) electrons. The minimum Gasteiger partial charge on any atom is -0.493 e. The molecule has 32 heavy (non-hydrogen) atoms. The van der Waals surface area contributed by atoms with Gasteiger partial charge in [-0.25, -0.2) is 0 Å². The molecule has 2 heterocycles. The van der Waals surface area contributed by atoms with Gasteiger partial charge in [0.25, 0.3) is 5.91 Å². The van der Waals surface area contributed by atoms with E-state index in [9.17, 15) is 9.90 Å². The molecule has 4 aromatic rings. The molecule has 0 spiro atoms. The summed E-state index contributed by atoms with van der Waals surface area (Å²) in [5.74, 6) is 0.385. The van der Waals surface area contributed by atoms with E-state index in [2.05, 4.69) is 15.2 Å². The summed E-state index contributed by atoms with van der Waals surface area (Å²) in [6.45, 7) is 2.66. The van der Waals surface area contributed by atoms with E-state index >= 15 is 0 Å². The number of ether oxygens (including phenoxy) is 1. The average molecular weight is 451 g/mol. The zero-order chi connectivity index (χ0) is 22.5. The number of halogens is 1. The molecule has 0 saturated carbocycles. The number of carbonyl (C=O) groups is 1. The second-order valence-electron chi connectivity index (χ2n) is 7.24. The summed E-state index contributed by atoms with van der Waals surface area (Å²) >= 11 is 6.16. The van der Waals surface area contributed by atoms with Gasteiger partial charge in [-0.1, -0.05) is 23.7 Å². The number of benzene rings is 2. The molecule has 164 valence electrons. The number of H-pyrrole nitrogens is 1. The van der Waals surface area contributed by atoms with Crippen molar-refractivity contribution in [3.63, 3.8) is 0 Å². The molecule has 2 aromatic carbocycles. The minimum atomic E-state index is -0.214. The predicted molar refractivity (Wildman–Crippen MR) is 124 cm³/mol. The van der Waals surface area contributed by atoms with E-state index in [0.29, 0.717) is 22.9 Å². The Hall–Kier alpha value is -3.42. The van der Waals surface area contributed by atoms with Crippen LogP contribution in [0.3, 0.4) is 0 Å². The first-order chi connectivity index (χ1) is 15.6. The fourth-order valence-corrected chi connectivity index (χ4v) is 3.82. The Morgan fingerprint density at radius 2 is 2.06 bits per heavy atom. The zero-order valence-corrected chi connectivity index (χ0v) is 18.3. The van der Waals surface area contributed by atoms with Crippen molar-refractivity contribution >= 4 is 28.4 Å². The summed E-state index contributed by atoms with van der Waals surface area (Å²) in [4.78, 5) is 19.2. The van der Waals surface area contributed by atoms with Gasteiger partial charge in [0.2, 0.25) is 0 Å². The second kappa shape index (κ2) is 9.80. The number of hydrogen-bond donors (Lipinski definition) is 2. The van der Waals surface area contributed by atoms with Gasteiger partial charge < -0.3 is 14.7 Å². The molecule has 2 aromatic heterocycles. The Kier molecular flexibility index (Phi) is 6.68. The van der Waals surface area contributed by atoms with Crippen molar-refractivity contribution in [2.45, 2.75) is 13.5 Å². The molecule has 0 fully saturated rings. The summed E-state index contributed by atoms with van der Waals surface area (Å²) in [5.41, 5.74) is 3.87. The van der Waals surface area contributed by atoms with Crippen molar-refractivity contribution in [1.29, 1.82) is 0 Å². The summed E-state index contributed by atoms with van der Waals surface area (Å²) in [6.07, 6.45) is 5.10. The molecule has 2 N–H and O–H groups in total. The van der Waals surface area contributed by atoms with Crippen LogP contribution < -0.4 is 4.74 Å². The third-order valence-corrected chi connectivity index (χ3v) is 5.35. The van der Waals surface area contributed by atoms with Crippen LogP contribution in [-0.4, -0.2) is 50.9 Å². The van der Waals surface area contributed by atoms with E-state index in [1.54, 1.807) is 35.6 Å². The van der Waals surface area contributed by atoms with Crippen LogP contribution in [0.4, 0.5) is 0 Å². The van der Waals surface area contributed by atoms with E-state index in [0.717, 1.165) is 27.6 Å². The van der Waals surface area contributed by atoms with Crippen LogP contribution in [0.1, 0.15) is 22.8 Å². The molecule has 7 nitrogen and oxygen atoms in total. The maximum Gasteiger partial charge on any atom is 0.254 e. The van der Waals surface area contributed by atoms with E-state index in [4.69, 9.17) is 16.3 Å². The topological polar surface area (TPSA) is 91.3 Å². The van der Waals surface area contributed by atoms with Gasteiger partial charge in [0.15, 0.2) is 0 Å². The average Bonchev–Trinajstić information content (AvgIpc) is 3.28. The van der Waals surface area contributed by atoms with E-state index in [1.807, 2.05) is 37.3 Å². The fraction of sp³-hybridized carbons (Fsp3) is 0.208. The van der Waals surface area contributed by atoms with Gasteiger partial charge >= 0.3 is 0 Å². The van der Waals surface area contributed by atoms with Crippen molar-refractivity contribution in [2.75, 3.05) is 19.8 Å². The van der Waals surface area contributed by atoms with Crippen LogP contribution in [0.5, 0.6) is 5.75 Å². The van der Waals surface area contributed by atoms with E-state index < -0.39 is 0 Å². The van der Waals surface area contributed by atoms with Crippen LogP contribution in [0.15, 0.2) is 61.1 Å². The maximum atomic E-state index is 13.4. The summed E-state index contributed by atoms with van der Waals surface area (Å²) < 4.78 is 5.84. The van der Waals surface area contributed by atoms with Crippen LogP contribution in [0, 0.1) is 0 Å². The number of aromatic amines is 1. The standard InChI is InChI=1S/C24H23ClN4O3/c1-2-32-22-11-17(6-7-21(22)16-4-3-5-20(25)10-16)24(31)29(8-9-30)15-19-13-26-12-18-14-27-28-23(18)19/h3-7,10-14,30H,2,8-9,15H2,1H3,(H,27,28). The third-order valence-electron chi connectivity index (χ3n) is 5.12. The molecule has 1 amide bonds. The first-order valence-electron chi connectivity index (χ1n) is 10.3. The molecule has 0 bridgehead atoms. The van der Waals surface area contributed by atoms with Gasteiger partial charge in [-0.05, 0) is 42.8 Å². The van der Waals surface area contributed by atoms with Gasteiger partial charge in [-0.15, -0.1) is 0 Å². The third kappa shape index (κ3) is 4.59. The molecule has 0 aliphatic rings. The summed E-state index contributed by atoms with van der Waals surface area (Å²) in [5, 5.41) is 18.1. The smallest absolute Gasteiger partial charge is 0.254 e. The minimum absolute atomic E-state index is 0.156. The molecule has 8 heteroatoms. The molecule has 0 atom stereocenters. The lowest BCUT2D eigenvalue weighted by Gasteiger charge is -2.23. The second-order valence-corrected chi connectivity index (χ2v) is 7.67. The summed E-state index contributed by atoms with van der Waals surface area (Å²) in [7, 11) is 0. The van der Waals surface area contributed by atoms with Gasteiger partial charge in [-0.2, -0.15) is 5.10 Å². The normalized spacial score (nSPS) is 11.0. The van der Waals surface area contributed by atoms with Crippen LogP contribution in [-0.2, 0) is 6.54 Å². The van der Waals surface area contributed by atoms with Gasteiger partial charge in [0.1, 0.15) is 5.75 Å². The SMILES string of the molecule is CCOc1cc(C(=O)N(CCO)Cc2cncc3cn[nH]c23)ccc1-c1cccc(Cl)c1. The highest BCUT2D eigenvalue weighted by Crippen LogP contribution is 2.33. The number of carbonyl (C=O) groups excluding carboxylic acids is 1.